The van der Waals surface area contributed by atoms with E-state index in [-0.39, 0.29) is 11.9 Å². The van der Waals surface area contributed by atoms with Crippen LogP contribution < -0.4 is 0 Å². The number of carbonyl (C=O) groups excluding carboxylic acids is 2. The van der Waals surface area contributed by atoms with Crippen molar-refractivity contribution in [2.24, 2.45) is 0 Å². The van der Waals surface area contributed by atoms with Gasteiger partial charge in [0, 0.05) is 43.3 Å². The van der Waals surface area contributed by atoms with Gasteiger partial charge in [0.05, 0.1) is 23.2 Å². The van der Waals surface area contributed by atoms with Gasteiger partial charge in [0.25, 0.3) is 0 Å². The monoisotopic (exact) mass is 400 g/mol. The molecule has 0 unspecified atom stereocenters. The Balaban J connectivity index is 1.25. The van der Waals surface area contributed by atoms with E-state index in [4.69, 9.17) is 4.74 Å². The first kappa shape index (κ1) is 17.4. The van der Waals surface area contributed by atoms with E-state index >= 15 is 0 Å². The largest absolute Gasteiger partial charge is 0.449 e. The smallest absolute Gasteiger partial charge is 0.341 e. The number of hydrogen-bond donors (Lipinski definition) is 0. The van der Waals surface area contributed by atoms with Gasteiger partial charge in [-0.3, -0.25) is 9.78 Å². The Morgan fingerprint density at radius 1 is 1.07 bits per heavy atom. The molecular weight excluding hydrogens is 380 g/mol. The lowest BCUT2D eigenvalue weighted by Gasteiger charge is -2.27. The molecule has 2 fully saturated rings. The van der Waals surface area contributed by atoms with Gasteiger partial charge in [-0.15, -0.1) is 0 Å². The van der Waals surface area contributed by atoms with Crippen LogP contribution in [-0.2, 0) is 20.5 Å². The minimum absolute atomic E-state index is 0.129. The number of hydrogen-bond acceptors (Lipinski definition) is 5. The lowest BCUT2D eigenvalue weighted by atomic mass is 9.92. The summed E-state index contributed by atoms with van der Waals surface area (Å²) in [7, 11) is 0. The zero-order valence-corrected chi connectivity index (χ0v) is 16.3. The van der Waals surface area contributed by atoms with Gasteiger partial charge in [-0.2, -0.15) is 5.10 Å². The van der Waals surface area contributed by atoms with Gasteiger partial charge >= 0.3 is 5.97 Å². The fourth-order valence-electron chi connectivity index (χ4n) is 4.91. The fraction of sp³-hybridized carbons (Fsp3) is 0.304. The van der Waals surface area contributed by atoms with Crippen LogP contribution in [0.3, 0.4) is 0 Å². The highest BCUT2D eigenvalue weighted by molar-refractivity contribution is 5.95. The van der Waals surface area contributed by atoms with Gasteiger partial charge in [-0.05, 0) is 42.7 Å². The van der Waals surface area contributed by atoms with E-state index in [1.807, 2.05) is 47.5 Å². The van der Waals surface area contributed by atoms with Gasteiger partial charge in [0.2, 0.25) is 5.91 Å². The summed E-state index contributed by atoms with van der Waals surface area (Å²) in [6.07, 6.45) is 9.18. The summed E-state index contributed by atoms with van der Waals surface area (Å²) in [5.41, 5.74) is 2.18. The van der Waals surface area contributed by atoms with Crippen molar-refractivity contribution in [3.05, 3.63) is 77.9 Å². The van der Waals surface area contributed by atoms with E-state index < -0.39 is 11.0 Å². The first-order chi connectivity index (χ1) is 14.6. The highest BCUT2D eigenvalue weighted by atomic mass is 16.6. The van der Waals surface area contributed by atoms with E-state index in [1.54, 1.807) is 23.3 Å². The number of nitrogens with zero attached hydrogens (tertiary/aromatic N) is 4. The van der Waals surface area contributed by atoms with Crippen molar-refractivity contribution < 1.29 is 14.3 Å². The van der Waals surface area contributed by atoms with Gasteiger partial charge < -0.3 is 9.64 Å². The molecule has 0 radical (unpaired) electrons. The fourth-order valence-corrected chi connectivity index (χ4v) is 4.91. The van der Waals surface area contributed by atoms with Crippen LogP contribution in [0.15, 0.2) is 61.2 Å². The van der Waals surface area contributed by atoms with Crippen LogP contribution in [0.5, 0.6) is 0 Å². The zero-order valence-electron chi connectivity index (χ0n) is 16.3. The van der Waals surface area contributed by atoms with Crippen LogP contribution in [0, 0.1) is 0 Å². The molecule has 6 rings (SSSR count). The maximum Gasteiger partial charge on any atom is 0.341 e. The molecule has 1 aliphatic carbocycles. The number of benzene rings is 1. The lowest BCUT2D eigenvalue weighted by molar-refractivity contribution is -0.134. The van der Waals surface area contributed by atoms with Crippen LogP contribution in [0.4, 0.5) is 0 Å². The Labute approximate surface area is 173 Å². The summed E-state index contributed by atoms with van der Waals surface area (Å²) in [6, 6.07) is 11.8. The molecule has 0 N–H and O–H groups in total. The number of fused-ring (bicyclic) bond motifs is 2. The van der Waals surface area contributed by atoms with E-state index in [9.17, 15) is 9.59 Å². The molecule has 1 aromatic carbocycles. The predicted molar refractivity (Wildman–Crippen MR) is 107 cm³/mol. The van der Waals surface area contributed by atoms with Crippen molar-refractivity contribution in [2.75, 3.05) is 13.1 Å². The minimum atomic E-state index is -0.731. The molecule has 2 aromatic heterocycles. The number of esters is 1. The maximum absolute atomic E-state index is 13.5. The molecule has 1 amide bonds. The van der Waals surface area contributed by atoms with Crippen molar-refractivity contribution >= 4 is 11.9 Å². The molecule has 1 atom stereocenters. The molecule has 2 aliphatic heterocycles. The molecule has 7 nitrogen and oxygen atoms in total. The number of ether oxygens (including phenoxy) is 1. The van der Waals surface area contributed by atoms with Gasteiger partial charge in [-0.1, -0.05) is 12.1 Å². The van der Waals surface area contributed by atoms with Crippen LogP contribution in [0.1, 0.15) is 40.7 Å². The normalized spacial score (nSPS) is 23.5. The number of pyridine rings is 1. The van der Waals surface area contributed by atoms with Crippen molar-refractivity contribution in [1.82, 2.24) is 19.7 Å². The molecule has 3 aliphatic rings. The lowest BCUT2D eigenvalue weighted by Crippen LogP contribution is -2.40. The molecule has 1 spiro atoms. The van der Waals surface area contributed by atoms with Crippen LogP contribution in [0.2, 0.25) is 0 Å². The van der Waals surface area contributed by atoms with Crippen molar-refractivity contribution in [2.45, 2.75) is 30.3 Å². The molecule has 150 valence electrons. The van der Waals surface area contributed by atoms with Crippen LogP contribution in [0.25, 0.3) is 5.69 Å². The number of amides is 1. The summed E-state index contributed by atoms with van der Waals surface area (Å²) in [6.45, 7) is 0.989. The molecule has 3 aromatic rings. The third kappa shape index (κ3) is 2.38. The maximum atomic E-state index is 13.5. The second-order valence-corrected chi connectivity index (χ2v) is 8.36. The van der Waals surface area contributed by atoms with Crippen LogP contribution in [-0.4, -0.2) is 44.6 Å². The summed E-state index contributed by atoms with van der Waals surface area (Å²) in [4.78, 5) is 31.7. The van der Waals surface area contributed by atoms with Crippen LogP contribution >= 0.6 is 0 Å². The molecule has 4 heterocycles. The van der Waals surface area contributed by atoms with E-state index in [0.29, 0.717) is 25.1 Å². The average Bonchev–Trinajstić information content (AvgIpc) is 3.13. The first-order valence-electron chi connectivity index (χ1n) is 10.2. The Bertz CT molecular complexity index is 1150. The van der Waals surface area contributed by atoms with Crippen molar-refractivity contribution in [3.63, 3.8) is 0 Å². The van der Waals surface area contributed by atoms with Crippen molar-refractivity contribution in [1.29, 1.82) is 0 Å². The quantitative estimate of drug-likeness (QED) is 0.632. The third-order valence-electron chi connectivity index (χ3n) is 6.69. The number of rotatable bonds is 3. The van der Waals surface area contributed by atoms with Gasteiger partial charge in [0.1, 0.15) is 0 Å². The Kier molecular flexibility index (Phi) is 3.48. The standard InChI is InChI=1S/C23H20N4O3/c28-20-18-14-24-11-6-19(18)23(30-20)9-13-26(15-23)21(29)22(7-8-22)16-2-4-17(5-3-16)27-12-1-10-25-27/h1-6,10-12,14H,7-9,13,15H2/t23-/m0/s1. The Morgan fingerprint density at radius 3 is 2.63 bits per heavy atom. The molecular formula is C23H20N4O3. The van der Waals surface area contributed by atoms with E-state index in [2.05, 4.69) is 10.1 Å². The zero-order chi connectivity index (χ0) is 20.3. The molecule has 0 bridgehead atoms. The topological polar surface area (TPSA) is 77.3 Å². The average molecular weight is 400 g/mol. The summed E-state index contributed by atoms with van der Waals surface area (Å²) < 4.78 is 7.58. The van der Waals surface area contributed by atoms with E-state index in [1.165, 1.54) is 0 Å². The SMILES string of the molecule is O=C1O[C@]2(CCN(C(=O)C3(c4ccc(-n5cccn5)cc4)CC3)C2)c2ccncc21. The summed E-state index contributed by atoms with van der Waals surface area (Å²) >= 11 is 0. The summed E-state index contributed by atoms with van der Waals surface area (Å²) in [5, 5.41) is 4.25. The molecule has 1 saturated heterocycles. The number of likely N-dealkylation sites (tertiary alicyclic amines) is 1. The second-order valence-electron chi connectivity index (χ2n) is 8.36. The highest BCUT2D eigenvalue weighted by Gasteiger charge is 2.57. The first-order valence-corrected chi connectivity index (χ1v) is 10.2. The predicted octanol–water partition coefficient (Wildman–Crippen LogP) is 2.60. The summed E-state index contributed by atoms with van der Waals surface area (Å²) in [5.74, 6) is -0.215. The van der Waals surface area contributed by atoms with E-state index in [0.717, 1.165) is 29.7 Å². The Morgan fingerprint density at radius 2 is 1.90 bits per heavy atom. The van der Waals surface area contributed by atoms with Gasteiger partial charge in [0.15, 0.2) is 5.60 Å². The van der Waals surface area contributed by atoms with Gasteiger partial charge in [-0.25, -0.2) is 9.48 Å². The highest BCUT2D eigenvalue weighted by Crippen LogP contribution is 2.52. The third-order valence-corrected chi connectivity index (χ3v) is 6.69. The van der Waals surface area contributed by atoms with Crippen molar-refractivity contribution in [3.8, 4) is 5.69 Å². The number of aromatic nitrogens is 3. The number of carbonyl (C=O) groups is 2. The Hall–Kier alpha value is -3.48. The minimum Gasteiger partial charge on any atom is -0.449 e. The molecule has 1 saturated carbocycles. The molecule has 7 heteroatoms. The second kappa shape index (κ2) is 6.01. The molecule has 30 heavy (non-hydrogen) atoms.